The molecule has 0 aromatic carbocycles. The summed E-state index contributed by atoms with van der Waals surface area (Å²) in [4.78, 5) is 23.5. The Hall–Kier alpha value is -2.48. The molecule has 8 nitrogen and oxygen atoms in total. The highest BCUT2D eigenvalue weighted by Gasteiger charge is 2.29. The lowest BCUT2D eigenvalue weighted by Crippen LogP contribution is -2.39. The Morgan fingerprint density at radius 3 is 2.92 bits per heavy atom. The highest BCUT2D eigenvalue weighted by Crippen LogP contribution is 2.26. The fraction of sp³-hybridized carbons (Fsp3) is 0.556. The van der Waals surface area contributed by atoms with Crippen LogP contribution in [0.15, 0.2) is 6.07 Å². The second-order valence-electron chi connectivity index (χ2n) is 7.00. The van der Waals surface area contributed by atoms with E-state index in [9.17, 15) is 9.90 Å². The number of hydrogen-bond donors (Lipinski definition) is 2. The summed E-state index contributed by atoms with van der Waals surface area (Å²) in [5.41, 5.74) is 9.77. The maximum atomic E-state index is 13.1. The first-order valence-electron chi connectivity index (χ1n) is 9.26. The number of nitrogen functional groups attached to an aromatic ring is 1. The molecule has 1 atom stereocenters. The van der Waals surface area contributed by atoms with Crippen molar-refractivity contribution < 1.29 is 9.90 Å². The number of hydrogen-bond acceptors (Lipinski definition) is 6. The van der Waals surface area contributed by atoms with Crippen LogP contribution in [0.2, 0.25) is 0 Å². The standard InChI is InChI=1S/C18H24N6O2/c1-2-15(25)14-9-11-10-23(7-8-24(11)22-14)17(26)16-12-5-3-4-6-13(12)20-18(19)21-16/h9,15,25H,2-8,10H2,1H3,(H2,19,20,21). The van der Waals surface area contributed by atoms with Crippen molar-refractivity contribution >= 4 is 11.9 Å². The Balaban J connectivity index is 1.60. The second kappa shape index (κ2) is 6.68. The molecule has 26 heavy (non-hydrogen) atoms. The van der Waals surface area contributed by atoms with Crippen molar-refractivity contribution in [2.45, 2.75) is 58.2 Å². The molecule has 1 aliphatic carbocycles. The van der Waals surface area contributed by atoms with Crippen molar-refractivity contribution in [1.29, 1.82) is 0 Å². The molecule has 0 fully saturated rings. The predicted molar refractivity (Wildman–Crippen MR) is 95.3 cm³/mol. The smallest absolute Gasteiger partial charge is 0.273 e. The van der Waals surface area contributed by atoms with Gasteiger partial charge in [0.05, 0.1) is 30.6 Å². The van der Waals surface area contributed by atoms with E-state index in [2.05, 4.69) is 15.1 Å². The Bertz CT molecular complexity index is 846. The lowest BCUT2D eigenvalue weighted by atomic mass is 9.94. The summed E-state index contributed by atoms with van der Waals surface area (Å²) in [7, 11) is 0. The lowest BCUT2D eigenvalue weighted by Gasteiger charge is -2.28. The van der Waals surface area contributed by atoms with Gasteiger partial charge < -0.3 is 15.7 Å². The van der Waals surface area contributed by atoms with E-state index in [0.717, 1.165) is 42.6 Å². The first-order valence-corrected chi connectivity index (χ1v) is 9.26. The average molecular weight is 356 g/mol. The number of amides is 1. The Kier molecular flexibility index (Phi) is 4.36. The Morgan fingerprint density at radius 2 is 2.12 bits per heavy atom. The molecule has 1 amide bonds. The van der Waals surface area contributed by atoms with E-state index in [0.29, 0.717) is 37.4 Å². The second-order valence-corrected chi connectivity index (χ2v) is 7.00. The molecule has 0 saturated heterocycles. The van der Waals surface area contributed by atoms with Gasteiger partial charge in [0.15, 0.2) is 0 Å². The molecular formula is C18H24N6O2. The Morgan fingerprint density at radius 1 is 1.31 bits per heavy atom. The largest absolute Gasteiger partial charge is 0.387 e. The summed E-state index contributed by atoms with van der Waals surface area (Å²) in [6, 6.07) is 1.89. The van der Waals surface area contributed by atoms with Crippen molar-refractivity contribution in [3.8, 4) is 0 Å². The minimum Gasteiger partial charge on any atom is -0.387 e. The van der Waals surface area contributed by atoms with Crippen LogP contribution in [0, 0.1) is 0 Å². The third kappa shape index (κ3) is 2.94. The van der Waals surface area contributed by atoms with Gasteiger partial charge >= 0.3 is 0 Å². The Labute approximate surface area is 152 Å². The molecule has 2 aromatic heterocycles. The zero-order valence-corrected chi connectivity index (χ0v) is 15.0. The minimum atomic E-state index is -0.564. The van der Waals surface area contributed by atoms with E-state index in [1.54, 1.807) is 4.90 Å². The van der Waals surface area contributed by atoms with E-state index >= 15 is 0 Å². The van der Waals surface area contributed by atoms with Crippen molar-refractivity contribution in [1.82, 2.24) is 24.6 Å². The fourth-order valence-corrected chi connectivity index (χ4v) is 3.77. The molecule has 2 aromatic rings. The first kappa shape index (κ1) is 17.0. The molecule has 8 heteroatoms. The molecule has 138 valence electrons. The highest BCUT2D eigenvalue weighted by atomic mass is 16.3. The van der Waals surface area contributed by atoms with Crippen LogP contribution in [-0.2, 0) is 25.9 Å². The van der Waals surface area contributed by atoms with Crippen LogP contribution >= 0.6 is 0 Å². The number of aliphatic hydroxyl groups is 1. The quantitative estimate of drug-likeness (QED) is 0.856. The van der Waals surface area contributed by atoms with Gasteiger partial charge in [-0.05, 0) is 38.2 Å². The number of carbonyl (C=O) groups excluding carboxylic acids is 1. The van der Waals surface area contributed by atoms with Gasteiger partial charge in [-0.2, -0.15) is 5.10 Å². The van der Waals surface area contributed by atoms with Crippen molar-refractivity contribution in [3.63, 3.8) is 0 Å². The van der Waals surface area contributed by atoms with Crippen LogP contribution in [-0.4, -0.2) is 42.2 Å². The first-order chi connectivity index (χ1) is 12.6. The summed E-state index contributed by atoms with van der Waals surface area (Å²) < 4.78 is 1.88. The van der Waals surface area contributed by atoms with Gasteiger partial charge in [0.25, 0.3) is 5.91 Å². The van der Waals surface area contributed by atoms with Crippen LogP contribution in [0.1, 0.15) is 65.4 Å². The van der Waals surface area contributed by atoms with Crippen LogP contribution < -0.4 is 5.73 Å². The van der Waals surface area contributed by atoms with E-state index in [4.69, 9.17) is 5.73 Å². The van der Waals surface area contributed by atoms with Crippen LogP contribution in [0.3, 0.4) is 0 Å². The van der Waals surface area contributed by atoms with Crippen molar-refractivity contribution in [3.05, 3.63) is 34.4 Å². The zero-order chi connectivity index (χ0) is 18.3. The van der Waals surface area contributed by atoms with Gasteiger partial charge in [0.2, 0.25) is 5.95 Å². The monoisotopic (exact) mass is 356 g/mol. The summed E-state index contributed by atoms with van der Waals surface area (Å²) in [6.07, 6.45) is 3.85. The van der Waals surface area contributed by atoms with Gasteiger partial charge in [0, 0.05) is 17.8 Å². The SMILES string of the molecule is CCC(O)c1cc2n(n1)CCN(C(=O)c1nc(N)nc3c1CCCC3)C2. The number of nitrogens with two attached hydrogens (primary N) is 1. The van der Waals surface area contributed by atoms with Crippen LogP contribution in [0.5, 0.6) is 0 Å². The highest BCUT2D eigenvalue weighted by molar-refractivity contribution is 5.94. The van der Waals surface area contributed by atoms with Crippen molar-refractivity contribution in [2.24, 2.45) is 0 Å². The molecule has 0 spiro atoms. The predicted octanol–water partition coefficient (Wildman–Crippen LogP) is 1.23. The normalized spacial score (nSPS) is 17.5. The number of aromatic nitrogens is 4. The molecular weight excluding hydrogens is 332 g/mol. The van der Waals surface area contributed by atoms with Crippen LogP contribution in [0.25, 0.3) is 0 Å². The van der Waals surface area contributed by atoms with Crippen molar-refractivity contribution in [2.75, 3.05) is 12.3 Å². The number of fused-ring (bicyclic) bond motifs is 2. The molecule has 3 heterocycles. The lowest BCUT2D eigenvalue weighted by molar-refractivity contribution is 0.0698. The van der Waals surface area contributed by atoms with Gasteiger partial charge in [-0.15, -0.1) is 0 Å². The molecule has 3 N–H and O–H groups in total. The fourth-order valence-electron chi connectivity index (χ4n) is 3.77. The topological polar surface area (TPSA) is 110 Å². The summed E-state index contributed by atoms with van der Waals surface area (Å²) in [6.45, 7) is 3.55. The maximum Gasteiger partial charge on any atom is 0.273 e. The third-order valence-corrected chi connectivity index (χ3v) is 5.24. The summed E-state index contributed by atoms with van der Waals surface area (Å²) in [5, 5.41) is 14.5. The maximum absolute atomic E-state index is 13.1. The number of rotatable bonds is 3. The van der Waals surface area contributed by atoms with Gasteiger partial charge in [-0.1, -0.05) is 6.92 Å². The average Bonchev–Trinajstić information content (AvgIpc) is 3.09. The number of carbonyl (C=O) groups is 1. The van der Waals surface area contributed by atoms with Gasteiger partial charge in [0.1, 0.15) is 5.69 Å². The van der Waals surface area contributed by atoms with E-state index < -0.39 is 6.10 Å². The molecule has 0 saturated carbocycles. The molecule has 1 unspecified atom stereocenters. The minimum absolute atomic E-state index is 0.0951. The molecule has 0 bridgehead atoms. The third-order valence-electron chi connectivity index (χ3n) is 5.24. The van der Waals surface area contributed by atoms with Gasteiger partial charge in [-0.3, -0.25) is 9.48 Å². The zero-order valence-electron chi connectivity index (χ0n) is 15.0. The number of aryl methyl sites for hydroxylation is 1. The van der Waals surface area contributed by atoms with E-state index in [-0.39, 0.29) is 11.9 Å². The van der Waals surface area contributed by atoms with E-state index in [1.165, 1.54) is 0 Å². The number of nitrogens with zero attached hydrogens (tertiary/aromatic N) is 5. The van der Waals surface area contributed by atoms with E-state index in [1.807, 2.05) is 17.7 Å². The summed E-state index contributed by atoms with van der Waals surface area (Å²) >= 11 is 0. The molecule has 1 aliphatic heterocycles. The summed E-state index contributed by atoms with van der Waals surface area (Å²) in [5.74, 6) is 0.0756. The number of aliphatic hydroxyl groups excluding tert-OH is 1. The molecule has 2 aliphatic rings. The molecule has 0 radical (unpaired) electrons. The van der Waals surface area contributed by atoms with Crippen LogP contribution in [0.4, 0.5) is 5.95 Å². The molecule has 4 rings (SSSR count). The van der Waals surface area contributed by atoms with Gasteiger partial charge in [-0.25, -0.2) is 9.97 Å². The number of anilines is 1.